The first kappa shape index (κ1) is 16.8. The molecule has 3 rings (SSSR count). The SMILES string of the molecule is CN(C)Cc1cc(CNc2ncnc3c2c(Br)nn3C)ccc1F. The Kier molecular flexibility index (Phi) is 4.77. The molecule has 0 unspecified atom stereocenters. The molecule has 0 bridgehead atoms. The third kappa shape index (κ3) is 3.39. The summed E-state index contributed by atoms with van der Waals surface area (Å²) in [6.45, 7) is 1.10. The number of benzene rings is 1. The first-order chi connectivity index (χ1) is 11.5. The van der Waals surface area contributed by atoms with Crippen LogP contribution < -0.4 is 5.32 Å². The maximum absolute atomic E-state index is 13.9. The molecular formula is C16H18BrFN6. The molecule has 0 saturated heterocycles. The third-order valence-electron chi connectivity index (χ3n) is 3.63. The molecule has 3 aromatic rings. The summed E-state index contributed by atoms with van der Waals surface area (Å²) in [5.74, 6) is 0.505. The predicted molar refractivity (Wildman–Crippen MR) is 95.1 cm³/mol. The van der Waals surface area contributed by atoms with Crippen molar-refractivity contribution in [3.05, 3.63) is 46.1 Å². The van der Waals surface area contributed by atoms with E-state index in [1.165, 1.54) is 12.4 Å². The number of nitrogens with zero attached hydrogens (tertiary/aromatic N) is 5. The largest absolute Gasteiger partial charge is 0.365 e. The van der Waals surface area contributed by atoms with E-state index < -0.39 is 0 Å². The van der Waals surface area contributed by atoms with E-state index in [0.29, 0.717) is 29.1 Å². The Hall–Kier alpha value is -2.06. The molecule has 24 heavy (non-hydrogen) atoms. The topological polar surface area (TPSA) is 58.9 Å². The zero-order valence-electron chi connectivity index (χ0n) is 13.7. The normalized spacial score (nSPS) is 11.4. The Balaban J connectivity index is 1.84. The second-order valence-electron chi connectivity index (χ2n) is 5.85. The highest BCUT2D eigenvalue weighted by atomic mass is 79.9. The quantitative estimate of drug-likeness (QED) is 0.723. The van der Waals surface area contributed by atoms with Gasteiger partial charge in [-0.25, -0.2) is 19.0 Å². The van der Waals surface area contributed by atoms with E-state index >= 15 is 0 Å². The van der Waals surface area contributed by atoms with Gasteiger partial charge in [-0.1, -0.05) is 6.07 Å². The van der Waals surface area contributed by atoms with Crippen LogP contribution in [0.4, 0.5) is 10.2 Å². The van der Waals surface area contributed by atoms with E-state index in [1.54, 1.807) is 10.7 Å². The molecule has 6 nitrogen and oxygen atoms in total. The van der Waals surface area contributed by atoms with Crippen LogP contribution >= 0.6 is 15.9 Å². The fourth-order valence-corrected chi connectivity index (χ4v) is 3.16. The Morgan fingerprint density at radius 3 is 2.83 bits per heavy atom. The van der Waals surface area contributed by atoms with Gasteiger partial charge in [0, 0.05) is 25.7 Å². The van der Waals surface area contributed by atoms with E-state index in [0.717, 1.165) is 16.6 Å². The van der Waals surface area contributed by atoms with E-state index in [4.69, 9.17) is 0 Å². The van der Waals surface area contributed by atoms with Crippen molar-refractivity contribution < 1.29 is 4.39 Å². The van der Waals surface area contributed by atoms with Crippen LogP contribution in [0, 0.1) is 5.82 Å². The fourth-order valence-electron chi connectivity index (χ4n) is 2.56. The summed E-state index contributed by atoms with van der Waals surface area (Å²) in [7, 11) is 5.67. The fraction of sp³-hybridized carbons (Fsp3) is 0.312. The number of fused-ring (bicyclic) bond motifs is 1. The van der Waals surface area contributed by atoms with Crippen molar-refractivity contribution >= 4 is 32.8 Å². The lowest BCUT2D eigenvalue weighted by Crippen LogP contribution is -2.12. The number of anilines is 1. The lowest BCUT2D eigenvalue weighted by atomic mass is 10.1. The Bertz CT molecular complexity index is 876. The van der Waals surface area contributed by atoms with Crippen molar-refractivity contribution in [1.29, 1.82) is 0 Å². The van der Waals surface area contributed by atoms with E-state index in [9.17, 15) is 4.39 Å². The summed E-state index contributed by atoms with van der Waals surface area (Å²) in [5, 5.41) is 8.42. The molecule has 0 saturated carbocycles. The summed E-state index contributed by atoms with van der Waals surface area (Å²) in [5.41, 5.74) is 2.40. The minimum absolute atomic E-state index is 0.188. The lowest BCUT2D eigenvalue weighted by molar-refractivity contribution is 0.392. The molecule has 0 aliphatic heterocycles. The van der Waals surface area contributed by atoms with Crippen molar-refractivity contribution in [2.75, 3.05) is 19.4 Å². The third-order valence-corrected chi connectivity index (χ3v) is 4.19. The van der Waals surface area contributed by atoms with E-state index in [1.807, 2.05) is 32.1 Å². The van der Waals surface area contributed by atoms with Gasteiger partial charge in [0.05, 0.1) is 5.39 Å². The maximum Gasteiger partial charge on any atom is 0.164 e. The van der Waals surface area contributed by atoms with Crippen LogP contribution in [0.25, 0.3) is 11.0 Å². The molecule has 1 N–H and O–H groups in total. The smallest absolute Gasteiger partial charge is 0.164 e. The molecule has 0 amide bonds. The molecule has 0 atom stereocenters. The molecule has 0 aliphatic rings. The van der Waals surface area contributed by atoms with Crippen molar-refractivity contribution in [1.82, 2.24) is 24.6 Å². The second-order valence-corrected chi connectivity index (χ2v) is 6.60. The number of nitrogens with one attached hydrogen (secondary N) is 1. The molecule has 0 radical (unpaired) electrons. The van der Waals surface area contributed by atoms with Gasteiger partial charge in [0.25, 0.3) is 0 Å². The van der Waals surface area contributed by atoms with Gasteiger partial charge in [-0.15, -0.1) is 0 Å². The number of aromatic nitrogens is 4. The van der Waals surface area contributed by atoms with Crippen LogP contribution in [0.5, 0.6) is 0 Å². The Labute approximate surface area is 147 Å². The van der Waals surface area contributed by atoms with Gasteiger partial charge in [0.15, 0.2) is 5.65 Å². The van der Waals surface area contributed by atoms with Gasteiger partial charge in [-0.05, 0) is 47.7 Å². The number of hydrogen-bond acceptors (Lipinski definition) is 5. The first-order valence-electron chi connectivity index (χ1n) is 7.45. The van der Waals surface area contributed by atoms with Crippen molar-refractivity contribution in [3.8, 4) is 0 Å². The average molecular weight is 393 g/mol. The van der Waals surface area contributed by atoms with Crippen molar-refractivity contribution in [2.45, 2.75) is 13.1 Å². The average Bonchev–Trinajstić information content (AvgIpc) is 2.83. The second kappa shape index (κ2) is 6.82. The Morgan fingerprint density at radius 1 is 1.29 bits per heavy atom. The summed E-state index contributed by atoms with van der Waals surface area (Å²) in [4.78, 5) is 10.5. The molecule has 1 aromatic carbocycles. The van der Waals surface area contributed by atoms with Crippen LogP contribution in [0.3, 0.4) is 0 Å². The van der Waals surface area contributed by atoms with Crippen LogP contribution in [0.1, 0.15) is 11.1 Å². The molecule has 2 heterocycles. The molecular weight excluding hydrogens is 375 g/mol. The van der Waals surface area contributed by atoms with Gasteiger partial charge < -0.3 is 10.2 Å². The summed E-state index contributed by atoms with van der Waals surface area (Å²) in [6.07, 6.45) is 1.50. The van der Waals surface area contributed by atoms with Crippen LogP contribution in [0.2, 0.25) is 0 Å². The van der Waals surface area contributed by atoms with Gasteiger partial charge in [0.2, 0.25) is 0 Å². The number of hydrogen-bond donors (Lipinski definition) is 1. The summed E-state index contributed by atoms with van der Waals surface area (Å²) in [6, 6.07) is 5.16. The molecule has 0 fully saturated rings. The summed E-state index contributed by atoms with van der Waals surface area (Å²) >= 11 is 3.44. The standard InChI is InChI=1S/C16H18BrFN6/c1-23(2)8-11-6-10(4-5-12(11)18)7-19-15-13-14(17)22-24(3)16(13)21-9-20-15/h4-6,9H,7-8H2,1-3H3,(H,19,20,21). The van der Waals surface area contributed by atoms with E-state index in [2.05, 4.69) is 36.3 Å². The zero-order chi connectivity index (χ0) is 17.3. The Morgan fingerprint density at radius 2 is 2.08 bits per heavy atom. The van der Waals surface area contributed by atoms with Crippen LogP contribution in [-0.2, 0) is 20.1 Å². The van der Waals surface area contributed by atoms with Gasteiger partial charge in [-0.2, -0.15) is 5.10 Å². The molecule has 126 valence electrons. The highest BCUT2D eigenvalue weighted by Crippen LogP contribution is 2.27. The van der Waals surface area contributed by atoms with Gasteiger partial charge in [0.1, 0.15) is 22.6 Å². The van der Waals surface area contributed by atoms with Crippen molar-refractivity contribution in [3.63, 3.8) is 0 Å². The lowest BCUT2D eigenvalue weighted by Gasteiger charge is -2.13. The number of aryl methyl sites for hydroxylation is 1. The predicted octanol–water partition coefficient (Wildman–Crippen LogP) is 2.94. The summed E-state index contributed by atoms with van der Waals surface area (Å²) < 4.78 is 16.3. The molecule has 0 spiro atoms. The highest BCUT2D eigenvalue weighted by molar-refractivity contribution is 9.10. The minimum Gasteiger partial charge on any atom is -0.365 e. The van der Waals surface area contributed by atoms with Crippen LogP contribution in [-0.4, -0.2) is 38.7 Å². The first-order valence-corrected chi connectivity index (χ1v) is 8.24. The molecule has 8 heteroatoms. The number of halogens is 2. The molecule has 2 aromatic heterocycles. The zero-order valence-corrected chi connectivity index (χ0v) is 15.3. The number of rotatable bonds is 5. The molecule has 0 aliphatic carbocycles. The van der Waals surface area contributed by atoms with Gasteiger partial charge >= 0.3 is 0 Å². The van der Waals surface area contributed by atoms with Gasteiger partial charge in [-0.3, -0.25) is 0 Å². The maximum atomic E-state index is 13.9. The van der Waals surface area contributed by atoms with E-state index in [-0.39, 0.29) is 5.82 Å². The van der Waals surface area contributed by atoms with Crippen LogP contribution in [0.15, 0.2) is 29.1 Å². The highest BCUT2D eigenvalue weighted by Gasteiger charge is 2.13. The monoisotopic (exact) mass is 392 g/mol. The minimum atomic E-state index is -0.188. The van der Waals surface area contributed by atoms with Crippen molar-refractivity contribution in [2.24, 2.45) is 7.05 Å².